The van der Waals surface area contributed by atoms with Gasteiger partial charge in [0.05, 0.1) is 22.6 Å². The number of anilines is 1. The first-order valence-electron chi connectivity index (χ1n) is 10.9. The monoisotopic (exact) mass is 495 g/mol. The van der Waals surface area contributed by atoms with Gasteiger partial charge in [0, 0.05) is 26.2 Å². The zero-order valence-electron chi connectivity index (χ0n) is 20.0. The fourth-order valence-electron chi connectivity index (χ4n) is 3.91. The zero-order chi connectivity index (χ0) is 24.6. The lowest BCUT2D eigenvalue weighted by atomic mass is 10.0. The van der Waals surface area contributed by atoms with Crippen molar-refractivity contribution >= 4 is 25.7 Å². The summed E-state index contributed by atoms with van der Waals surface area (Å²) in [7, 11) is -4.18. The highest BCUT2D eigenvalue weighted by Gasteiger charge is 2.29. The molecule has 0 atom stereocenters. The number of hydrogen-bond acceptors (Lipinski definition) is 6. The SMILES string of the molecule is COc1cc(C)c(S(=O)(=O)Nc2ccc(C)c(S(=O)(=O)N3CCN(C)CC3)c2)cc1C(C)C. The van der Waals surface area contributed by atoms with Gasteiger partial charge in [0.15, 0.2) is 0 Å². The fourth-order valence-corrected chi connectivity index (χ4v) is 6.90. The molecule has 0 aliphatic carbocycles. The van der Waals surface area contributed by atoms with Crippen molar-refractivity contribution in [1.82, 2.24) is 9.21 Å². The number of aryl methyl sites for hydroxylation is 2. The number of ether oxygens (including phenoxy) is 1. The standard InChI is InChI=1S/C23H33N3O5S2/c1-16(2)20-15-22(18(4)13-21(20)31-6)32(27,28)24-19-8-7-17(3)23(14-19)33(29,30)26-11-9-25(5)10-12-26/h7-8,13-16,24H,9-12H2,1-6H3. The summed E-state index contributed by atoms with van der Waals surface area (Å²) in [5.41, 5.74) is 2.10. The van der Waals surface area contributed by atoms with Crippen molar-refractivity contribution in [3.63, 3.8) is 0 Å². The van der Waals surface area contributed by atoms with Gasteiger partial charge in [-0.3, -0.25) is 4.72 Å². The Morgan fingerprint density at radius 1 is 0.909 bits per heavy atom. The minimum atomic E-state index is -3.95. The van der Waals surface area contributed by atoms with Crippen molar-refractivity contribution in [2.45, 2.75) is 43.4 Å². The van der Waals surface area contributed by atoms with Crippen molar-refractivity contribution < 1.29 is 21.6 Å². The van der Waals surface area contributed by atoms with E-state index in [4.69, 9.17) is 4.74 Å². The number of likely N-dealkylation sites (N-methyl/N-ethyl adjacent to an activating group) is 1. The largest absolute Gasteiger partial charge is 0.496 e. The van der Waals surface area contributed by atoms with Crippen molar-refractivity contribution in [2.75, 3.05) is 45.1 Å². The Bertz CT molecular complexity index is 1230. The predicted octanol–water partition coefficient (Wildman–Crippen LogP) is 3.17. The fraction of sp³-hybridized carbons (Fsp3) is 0.478. The lowest BCUT2D eigenvalue weighted by molar-refractivity contribution is 0.222. The first-order valence-corrected chi connectivity index (χ1v) is 13.8. The van der Waals surface area contributed by atoms with Crippen molar-refractivity contribution in [3.8, 4) is 5.75 Å². The van der Waals surface area contributed by atoms with Gasteiger partial charge in [-0.15, -0.1) is 0 Å². The summed E-state index contributed by atoms with van der Waals surface area (Å²) in [6, 6.07) is 7.95. The minimum Gasteiger partial charge on any atom is -0.496 e. The summed E-state index contributed by atoms with van der Waals surface area (Å²) < 4.78 is 62.5. The molecule has 1 saturated heterocycles. The Morgan fingerprint density at radius 2 is 1.55 bits per heavy atom. The topological polar surface area (TPSA) is 96.0 Å². The molecular weight excluding hydrogens is 462 g/mol. The van der Waals surface area contributed by atoms with E-state index in [1.54, 1.807) is 45.2 Å². The zero-order valence-corrected chi connectivity index (χ0v) is 21.7. The second-order valence-electron chi connectivity index (χ2n) is 8.81. The molecule has 0 bridgehead atoms. The highest BCUT2D eigenvalue weighted by Crippen LogP contribution is 2.33. The molecule has 1 fully saturated rings. The molecule has 0 saturated carbocycles. The number of rotatable bonds is 7. The molecule has 182 valence electrons. The molecule has 10 heteroatoms. The summed E-state index contributed by atoms with van der Waals surface area (Å²) in [6.07, 6.45) is 0. The molecule has 0 amide bonds. The van der Waals surface area contributed by atoms with Gasteiger partial charge in [0.2, 0.25) is 10.0 Å². The number of sulfonamides is 2. The van der Waals surface area contributed by atoms with Crippen LogP contribution < -0.4 is 9.46 Å². The van der Waals surface area contributed by atoms with E-state index in [0.29, 0.717) is 43.1 Å². The van der Waals surface area contributed by atoms with Gasteiger partial charge in [-0.1, -0.05) is 19.9 Å². The van der Waals surface area contributed by atoms with Gasteiger partial charge in [-0.25, -0.2) is 16.8 Å². The maximum absolute atomic E-state index is 13.3. The minimum absolute atomic E-state index is 0.0641. The van der Waals surface area contributed by atoms with E-state index in [-0.39, 0.29) is 21.4 Å². The molecule has 0 radical (unpaired) electrons. The maximum Gasteiger partial charge on any atom is 0.262 e. The molecule has 1 heterocycles. The van der Waals surface area contributed by atoms with Crippen LogP contribution in [0.25, 0.3) is 0 Å². The number of nitrogens with zero attached hydrogens (tertiary/aromatic N) is 2. The normalized spacial score (nSPS) is 16.2. The lowest BCUT2D eigenvalue weighted by Crippen LogP contribution is -2.47. The summed E-state index contributed by atoms with van der Waals surface area (Å²) >= 11 is 0. The van der Waals surface area contributed by atoms with Gasteiger partial charge < -0.3 is 9.64 Å². The first kappa shape index (κ1) is 25.5. The molecule has 0 unspecified atom stereocenters. The number of hydrogen-bond donors (Lipinski definition) is 1. The number of nitrogens with one attached hydrogen (secondary N) is 1. The Balaban J connectivity index is 1.97. The molecule has 3 rings (SSSR count). The second-order valence-corrected chi connectivity index (χ2v) is 12.4. The highest BCUT2D eigenvalue weighted by molar-refractivity contribution is 7.92. The maximum atomic E-state index is 13.3. The van der Waals surface area contributed by atoms with Crippen LogP contribution >= 0.6 is 0 Å². The second kappa shape index (κ2) is 9.61. The molecule has 1 aliphatic heterocycles. The Kier molecular flexibility index (Phi) is 7.42. The Morgan fingerprint density at radius 3 is 2.12 bits per heavy atom. The lowest BCUT2D eigenvalue weighted by Gasteiger charge is -2.32. The van der Waals surface area contributed by atoms with E-state index < -0.39 is 20.0 Å². The molecule has 33 heavy (non-hydrogen) atoms. The highest BCUT2D eigenvalue weighted by atomic mass is 32.2. The Hall–Kier alpha value is -2.14. The molecule has 0 aromatic heterocycles. The number of methoxy groups -OCH3 is 1. The third-order valence-corrected chi connectivity index (χ3v) is 9.52. The smallest absolute Gasteiger partial charge is 0.262 e. The first-order chi connectivity index (χ1) is 15.4. The van der Waals surface area contributed by atoms with Gasteiger partial charge >= 0.3 is 0 Å². The van der Waals surface area contributed by atoms with Crippen molar-refractivity contribution in [1.29, 1.82) is 0 Å². The summed E-state index contributed by atoms with van der Waals surface area (Å²) in [5.74, 6) is 0.701. The molecule has 2 aromatic rings. The van der Waals surface area contributed by atoms with Crippen LogP contribution in [0.1, 0.15) is 36.5 Å². The molecule has 2 aromatic carbocycles. The third kappa shape index (κ3) is 5.34. The molecule has 8 nitrogen and oxygen atoms in total. The Labute approximate surface area is 197 Å². The quantitative estimate of drug-likeness (QED) is 0.634. The molecule has 1 N–H and O–H groups in total. The molecule has 1 aliphatic rings. The van der Waals surface area contributed by atoms with Gasteiger partial charge in [-0.2, -0.15) is 4.31 Å². The van der Waals surface area contributed by atoms with Gasteiger partial charge in [0.1, 0.15) is 5.75 Å². The van der Waals surface area contributed by atoms with Crippen LogP contribution in [0, 0.1) is 13.8 Å². The average molecular weight is 496 g/mol. The van der Waals surface area contributed by atoms with Crippen LogP contribution in [0.2, 0.25) is 0 Å². The van der Waals surface area contributed by atoms with Crippen LogP contribution in [0.5, 0.6) is 5.75 Å². The summed E-state index contributed by atoms with van der Waals surface area (Å²) in [4.78, 5) is 2.32. The van der Waals surface area contributed by atoms with E-state index >= 15 is 0 Å². The van der Waals surface area contributed by atoms with Gasteiger partial charge in [0.25, 0.3) is 10.0 Å². The number of benzene rings is 2. The predicted molar refractivity (Wildman–Crippen MR) is 130 cm³/mol. The van der Waals surface area contributed by atoms with E-state index in [9.17, 15) is 16.8 Å². The van der Waals surface area contributed by atoms with Crippen LogP contribution in [0.4, 0.5) is 5.69 Å². The third-order valence-electron chi connectivity index (χ3n) is 5.96. The van der Waals surface area contributed by atoms with Crippen molar-refractivity contribution in [2.24, 2.45) is 0 Å². The van der Waals surface area contributed by atoms with Crippen LogP contribution in [0.3, 0.4) is 0 Å². The average Bonchev–Trinajstić information content (AvgIpc) is 2.74. The van der Waals surface area contributed by atoms with E-state index in [0.717, 1.165) is 5.56 Å². The van der Waals surface area contributed by atoms with Crippen LogP contribution in [0.15, 0.2) is 40.1 Å². The summed E-state index contributed by atoms with van der Waals surface area (Å²) in [6.45, 7) is 9.45. The summed E-state index contributed by atoms with van der Waals surface area (Å²) in [5, 5.41) is 0. The van der Waals surface area contributed by atoms with Gasteiger partial charge in [-0.05, 0) is 67.8 Å². The number of piperazine rings is 1. The van der Waals surface area contributed by atoms with Crippen molar-refractivity contribution in [3.05, 3.63) is 47.0 Å². The van der Waals surface area contributed by atoms with E-state index in [2.05, 4.69) is 9.62 Å². The van der Waals surface area contributed by atoms with E-state index in [1.165, 1.54) is 10.4 Å². The molecule has 0 spiro atoms. The molecular formula is C23H33N3O5S2. The van der Waals surface area contributed by atoms with E-state index in [1.807, 2.05) is 20.9 Å². The van der Waals surface area contributed by atoms with Crippen LogP contribution in [-0.2, 0) is 20.0 Å². The van der Waals surface area contributed by atoms with Crippen LogP contribution in [-0.4, -0.2) is 66.4 Å².